The van der Waals surface area contributed by atoms with Crippen molar-refractivity contribution in [3.8, 4) is 11.5 Å². The second-order valence-corrected chi connectivity index (χ2v) is 5.46. The molecule has 0 saturated heterocycles. The molecular weight excluding hydrogens is 356 g/mol. The molecule has 1 heterocycles. The molecule has 27 heavy (non-hydrogen) atoms. The van der Waals surface area contributed by atoms with E-state index in [0.717, 1.165) is 0 Å². The van der Waals surface area contributed by atoms with E-state index in [0.29, 0.717) is 16.2 Å². The molecule has 0 saturated carbocycles. The normalized spacial score (nSPS) is 10.6. The molecule has 0 N–H and O–H groups in total. The maximum Gasteiger partial charge on any atom is 0.344 e. The van der Waals surface area contributed by atoms with E-state index in [2.05, 4.69) is 9.47 Å². The van der Waals surface area contributed by atoms with E-state index in [1.165, 1.54) is 26.4 Å². The minimum Gasteiger partial charge on any atom is -0.482 e. The predicted molar refractivity (Wildman–Crippen MR) is 95.0 cm³/mol. The summed E-state index contributed by atoms with van der Waals surface area (Å²) in [5.74, 6) is -0.693. The SMILES string of the molecule is COC(=O)COc1cc(OCC(=O)OC)c2c(c1)oc(=O)c1ccccc12. The molecule has 3 rings (SSSR count). The highest BCUT2D eigenvalue weighted by atomic mass is 16.6. The summed E-state index contributed by atoms with van der Waals surface area (Å²) in [5, 5.41) is 1.47. The van der Waals surface area contributed by atoms with Crippen LogP contribution in [0.1, 0.15) is 0 Å². The molecule has 8 heteroatoms. The topological polar surface area (TPSA) is 101 Å². The maximum atomic E-state index is 12.2. The number of methoxy groups -OCH3 is 2. The average molecular weight is 372 g/mol. The summed E-state index contributed by atoms with van der Waals surface area (Å²) in [4.78, 5) is 35.0. The molecular formula is C19H16O8. The molecule has 1 aromatic heterocycles. The largest absolute Gasteiger partial charge is 0.482 e. The zero-order chi connectivity index (χ0) is 19.4. The maximum absolute atomic E-state index is 12.2. The molecule has 140 valence electrons. The van der Waals surface area contributed by atoms with Crippen LogP contribution in [-0.4, -0.2) is 39.4 Å². The van der Waals surface area contributed by atoms with Crippen molar-refractivity contribution in [2.75, 3.05) is 27.4 Å². The summed E-state index contributed by atoms with van der Waals surface area (Å²) in [6.07, 6.45) is 0. The summed E-state index contributed by atoms with van der Waals surface area (Å²) in [5.41, 5.74) is -0.330. The zero-order valence-corrected chi connectivity index (χ0v) is 14.6. The van der Waals surface area contributed by atoms with E-state index in [4.69, 9.17) is 13.9 Å². The fraction of sp³-hybridized carbons (Fsp3) is 0.211. The molecule has 0 aliphatic rings. The van der Waals surface area contributed by atoms with Crippen molar-refractivity contribution >= 4 is 33.7 Å². The first-order chi connectivity index (χ1) is 13.0. The third-order valence-corrected chi connectivity index (χ3v) is 3.82. The Balaban J connectivity index is 2.15. The Bertz CT molecular complexity index is 1070. The van der Waals surface area contributed by atoms with Gasteiger partial charge in [-0.05, 0) is 6.07 Å². The predicted octanol–water partition coefficient (Wildman–Crippen LogP) is 2.05. The van der Waals surface area contributed by atoms with E-state index in [1.807, 2.05) is 0 Å². The summed E-state index contributed by atoms with van der Waals surface area (Å²) in [7, 11) is 2.48. The van der Waals surface area contributed by atoms with Gasteiger partial charge in [0.05, 0.1) is 25.0 Å². The standard InChI is InChI=1S/C19H16O8/c1-23-16(20)9-25-11-7-14(26-10-17(21)24-2)18-12-5-3-4-6-13(12)19(22)27-15(18)8-11/h3-8H,9-10H2,1-2H3. The lowest BCUT2D eigenvalue weighted by Crippen LogP contribution is -2.14. The second-order valence-electron chi connectivity index (χ2n) is 5.46. The highest BCUT2D eigenvalue weighted by molar-refractivity contribution is 6.08. The van der Waals surface area contributed by atoms with Crippen LogP contribution in [0.15, 0.2) is 45.6 Å². The van der Waals surface area contributed by atoms with E-state index in [9.17, 15) is 14.4 Å². The lowest BCUT2D eigenvalue weighted by molar-refractivity contribution is -0.143. The number of hydrogen-bond acceptors (Lipinski definition) is 8. The van der Waals surface area contributed by atoms with Gasteiger partial charge >= 0.3 is 17.6 Å². The van der Waals surface area contributed by atoms with Gasteiger partial charge in [-0.2, -0.15) is 0 Å². The van der Waals surface area contributed by atoms with Gasteiger partial charge in [-0.1, -0.05) is 18.2 Å². The van der Waals surface area contributed by atoms with Crippen molar-refractivity contribution in [3.63, 3.8) is 0 Å². The molecule has 0 aliphatic carbocycles. The van der Waals surface area contributed by atoms with Crippen LogP contribution in [-0.2, 0) is 19.1 Å². The summed E-state index contributed by atoms with van der Waals surface area (Å²) >= 11 is 0. The lowest BCUT2D eigenvalue weighted by Gasteiger charge is -2.13. The van der Waals surface area contributed by atoms with Gasteiger partial charge in [0.25, 0.3) is 0 Å². The Labute approximate surface area is 153 Å². The Morgan fingerprint density at radius 1 is 0.926 bits per heavy atom. The molecule has 0 spiro atoms. The fourth-order valence-corrected chi connectivity index (χ4v) is 2.54. The second kappa shape index (κ2) is 7.77. The smallest absolute Gasteiger partial charge is 0.344 e. The quantitative estimate of drug-likeness (QED) is 0.368. The number of fused-ring (bicyclic) bond motifs is 3. The zero-order valence-electron chi connectivity index (χ0n) is 14.6. The third-order valence-electron chi connectivity index (χ3n) is 3.82. The minimum atomic E-state index is -0.578. The lowest BCUT2D eigenvalue weighted by atomic mass is 10.1. The number of benzene rings is 2. The number of carbonyl (C=O) groups is 2. The van der Waals surface area contributed by atoms with Crippen molar-refractivity contribution in [2.24, 2.45) is 0 Å². The minimum absolute atomic E-state index is 0.195. The van der Waals surface area contributed by atoms with Crippen molar-refractivity contribution in [2.45, 2.75) is 0 Å². The van der Waals surface area contributed by atoms with Crippen LogP contribution >= 0.6 is 0 Å². The van der Waals surface area contributed by atoms with Crippen molar-refractivity contribution in [1.82, 2.24) is 0 Å². The number of rotatable bonds is 6. The molecule has 0 radical (unpaired) electrons. The molecule has 0 bridgehead atoms. The molecule has 0 unspecified atom stereocenters. The van der Waals surface area contributed by atoms with Crippen LogP contribution in [0.2, 0.25) is 0 Å². The number of hydrogen-bond donors (Lipinski definition) is 0. The molecule has 0 fully saturated rings. The van der Waals surface area contributed by atoms with Gasteiger partial charge in [0, 0.05) is 17.5 Å². The first kappa shape index (κ1) is 18.2. The molecule has 0 amide bonds. The van der Waals surface area contributed by atoms with Crippen molar-refractivity contribution in [3.05, 3.63) is 46.8 Å². The van der Waals surface area contributed by atoms with Gasteiger partial charge in [0.2, 0.25) is 0 Å². The van der Waals surface area contributed by atoms with Gasteiger partial charge in [-0.15, -0.1) is 0 Å². The van der Waals surface area contributed by atoms with Gasteiger partial charge in [-0.25, -0.2) is 14.4 Å². The van der Waals surface area contributed by atoms with E-state index in [-0.39, 0.29) is 30.3 Å². The Morgan fingerprint density at radius 3 is 2.22 bits per heavy atom. The molecule has 0 atom stereocenters. The van der Waals surface area contributed by atoms with Crippen LogP contribution in [0.25, 0.3) is 21.7 Å². The summed E-state index contributed by atoms with van der Waals surface area (Å²) in [6.45, 7) is -0.685. The number of ether oxygens (including phenoxy) is 4. The van der Waals surface area contributed by atoms with Gasteiger partial charge in [-0.3, -0.25) is 0 Å². The molecule has 0 aliphatic heterocycles. The molecule has 3 aromatic rings. The Morgan fingerprint density at radius 2 is 1.56 bits per heavy atom. The van der Waals surface area contributed by atoms with Crippen molar-refractivity contribution < 1.29 is 33.0 Å². The van der Waals surface area contributed by atoms with Gasteiger partial charge < -0.3 is 23.4 Å². The van der Waals surface area contributed by atoms with Gasteiger partial charge in [0.15, 0.2) is 13.2 Å². The summed E-state index contributed by atoms with van der Waals surface area (Å²) in [6, 6.07) is 9.83. The third kappa shape index (κ3) is 3.84. The summed E-state index contributed by atoms with van der Waals surface area (Å²) < 4.78 is 25.4. The first-order valence-corrected chi connectivity index (χ1v) is 7.92. The van der Waals surface area contributed by atoms with Crippen LogP contribution in [0.4, 0.5) is 0 Å². The average Bonchev–Trinajstić information content (AvgIpc) is 2.69. The van der Waals surface area contributed by atoms with Crippen molar-refractivity contribution in [1.29, 1.82) is 0 Å². The van der Waals surface area contributed by atoms with Gasteiger partial charge in [0.1, 0.15) is 17.1 Å². The monoisotopic (exact) mass is 372 g/mol. The molecule has 2 aromatic carbocycles. The molecule has 8 nitrogen and oxygen atoms in total. The highest BCUT2D eigenvalue weighted by Crippen LogP contribution is 2.35. The fourth-order valence-electron chi connectivity index (χ4n) is 2.54. The van der Waals surface area contributed by atoms with Crippen LogP contribution in [0, 0.1) is 0 Å². The Kier molecular flexibility index (Phi) is 5.25. The van der Waals surface area contributed by atoms with Crippen LogP contribution in [0.5, 0.6) is 11.5 Å². The van der Waals surface area contributed by atoms with E-state index < -0.39 is 17.6 Å². The first-order valence-electron chi connectivity index (χ1n) is 7.92. The number of esters is 2. The van der Waals surface area contributed by atoms with Crippen LogP contribution in [0.3, 0.4) is 0 Å². The van der Waals surface area contributed by atoms with E-state index >= 15 is 0 Å². The number of carbonyl (C=O) groups excluding carboxylic acids is 2. The van der Waals surface area contributed by atoms with Crippen LogP contribution < -0.4 is 15.1 Å². The Hall–Kier alpha value is -3.55. The van der Waals surface area contributed by atoms with E-state index in [1.54, 1.807) is 24.3 Å². The highest BCUT2D eigenvalue weighted by Gasteiger charge is 2.16.